The van der Waals surface area contributed by atoms with E-state index in [9.17, 15) is 24.5 Å². The first-order valence-electron chi connectivity index (χ1n) is 8.35. The smallest absolute Gasteiger partial charge is 0.328 e. The minimum absolute atomic E-state index is 0.00523. The van der Waals surface area contributed by atoms with Crippen molar-refractivity contribution in [1.29, 1.82) is 0 Å². The van der Waals surface area contributed by atoms with Gasteiger partial charge in [-0.05, 0) is 32.0 Å². The number of carbonyl (C=O) groups excluding carboxylic acids is 3. The van der Waals surface area contributed by atoms with E-state index in [1.165, 1.54) is 31.2 Å². The lowest BCUT2D eigenvalue weighted by atomic mass is 10.1. The normalized spacial score (nSPS) is 11.2. The molecule has 9 heteroatoms. The molecule has 0 fully saturated rings. The number of para-hydroxylation sites is 2. The van der Waals surface area contributed by atoms with Gasteiger partial charge in [0.25, 0.3) is 17.5 Å². The van der Waals surface area contributed by atoms with Gasteiger partial charge < -0.3 is 15.4 Å². The molecule has 146 valence electrons. The van der Waals surface area contributed by atoms with Gasteiger partial charge in [-0.3, -0.25) is 19.7 Å². The number of esters is 1. The van der Waals surface area contributed by atoms with Gasteiger partial charge in [-0.15, -0.1) is 0 Å². The number of carbonyl (C=O) groups is 3. The zero-order valence-corrected chi connectivity index (χ0v) is 15.3. The highest BCUT2D eigenvalue weighted by Crippen LogP contribution is 2.22. The van der Waals surface area contributed by atoms with Crippen molar-refractivity contribution in [2.45, 2.75) is 19.9 Å². The zero-order valence-electron chi connectivity index (χ0n) is 15.3. The Morgan fingerprint density at radius 2 is 1.86 bits per heavy atom. The van der Waals surface area contributed by atoms with Crippen LogP contribution in [0.25, 0.3) is 0 Å². The Bertz CT molecular complexity index is 912. The van der Waals surface area contributed by atoms with E-state index in [0.717, 1.165) is 5.56 Å². The third-order valence-electron chi connectivity index (χ3n) is 3.70. The standard InChI is InChI=1S/C19H19N3O6/c1-12-6-5-7-14(10-12)18(24)20-13(2)19(25)28-11-17(23)21-15-8-3-4-9-16(15)22(26)27/h3-10,13H,11H2,1-2H3,(H,20,24)(H,21,23)/t13-/m0/s1. The van der Waals surface area contributed by atoms with E-state index in [1.54, 1.807) is 18.2 Å². The molecular formula is C19H19N3O6. The number of hydrogen-bond donors (Lipinski definition) is 2. The van der Waals surface area contributed by atoms with Crippen LogP contribution < -0.4 is 10.6 Å². The predicted molar refractivity (Wildman–Crippen MR) is 101 cm³/mol. The number of anilines is 1. The summed E-state index contributed by atoms with van der Waals surface area (Å²) in [6.07, 6.45) is 0. The molecule has 2 amide bonds. The Labute approximate surface area is 160 Å². The minimum atomic E-state index is -0.980. The van der Waals surface area contributed by atoms with E-state index < -0.39 is 35.4 Å². The summed E-state index contributed by atoms with van der Waals surface area (Å²) in [6, 6.07) is 11.5. The second-order valence-corrected chi connectivity index (χ2v) is 5.99. The monoisotopic (exact) mass is 385 g/mol. The molecule has 2 aromatic rings. The SMILES string of the molecule is Cc1cccc(C(=O)N[C@@H](C)C(=O)OCC(=O)Nc2ccccc2[N+](=O)[O-])c1. The molecule has 0 heterocycles. The van der Waals surface area contributed by atoms with Crippen LogP contribution in [-0.4, -0.2) is 35.4 Å². The number of benzene rings is 2. The van der Waals surface area contributed by atoms with E-state index in [-0.39, 0.29) is 11.4 Å². The van der Waals surface area contributed by atoms with Crippen molar-refractivity contribution in [2.75, 3.05) is 11.9 Å². The zero-order chi connectivity index (χ0) is 20.7. The summed E-state index contributed by atoms with van der Waals surface area (Å²) in [5.41, 5.74) is 1.01. The molecule has 0 aliphatic rings. The average Bonchev–Trinajstić information content (AvgIpc) is 2.66. The van der Waals surface area contributed by atoms with Gasteiger partial charge in [-0.2, -0.15) is 0 Å². The van der Waals surface area contributed by atoms with Gasteiger partial charge in [-0.1, -0.05) is 29.8 Å². The van der Waals surface area contributed by atoms with Gasteiger partial charge in [0.05, 0.1) is 4.92 Å². The van der Waals surface area contributed by atoms with Crippen LogP contribution in [0.4, 0.5) is 11.4 Å². The van der Waals surface area contributed by atoms with Crippen LogP contribution in [0, 0.1) is 17.0 Å². The minimum Gasteiger partial charge on any atom is -0.454 e. The number of rotatable bonds is 7. The maximum atomic E-state index is 12.1. The number of nitrogens with zero attached hydrogens (tertiary/aromatic N) is 1. The molecule has 0 aromatic heterocycles. The van der Waals surface area contributed by atoms with Crippen molar-refractivity contribution in [2.24, 2.45) is 0 Å². The van der Waals surface area contributed by atoms with Gasteiger partial charge in [0.2, 0.25) is 0 Å². The quantitative estimate of drug-likeness (QED) is 0.427. The molecular weight excluding hydrogens is 366 g/mol. The second-order valence-electron chi connectivity index (χ2n) is 5.99. The second kappa shape index (κ2) is 9.26. The number of aryl methyl sites for hydroxylation is 1. The van der Waals surface area contributed by atoms with Gasteiger partial charge in [-0.25, -0.2) is 4.79 Å². The number of hydrogen-bond acceptors (Lipinski definition) is 6. The lowest BCUT2D eigenvalue weighted by molar-refractivity contribution is -0.383. The molecule has 0 unspecified atom stereocenters. The first kappa shape index (κ1) is 20.6. The molecule has 0 saturated heterocycles. The van der Waals surface area contributed by atoms with E-state index >= 15 is 0 Å². The lowest BCUT2D eigenvalue weighted by Crippen LogP contribution is -2.40. The van der Waals surface area contributed by atoms with Crippen molar-refractivity contribution in [3.8, 4) is 0 Å². The van der Waals surface area contributed by atoms with Gasteiger partial charge in [0, 0.05) is 11.6 Å². The molecule has 1 atom stereocenters. The summed E-state index contributed by atoms with van der Waals surface area (Å²) in [6.45, 7) is 2.62. The highest BCUT2D eigenvalue weighted by Gasteiger charge is 2.20. The Balaban J connectivity index is 1.86. The first-order chi connectivity index (χ1) is 13.3. The molecule has 28 heavy (non-hydrogen) atoms. The number of ether oxygens (including phenoxy) is 1. The van der Waals surface area contributed by atoms with E-state index in [1.807, 2.05) is 13.0 Å². The Morgan fingerprint density at radius 3 is 2.54 bits per heavy atom. The largest absolute Gasteiger partial charge is 0.454 e. The maximum Gasteiger partial charge on any atom is 0.328 e. The fraction of sp³-hybridized carbons (Fsp3) is 0.211. The van der Waals surface area contributed by atoms with Crippen molar-refractivity contribution in [3.05, 3.63) is 69.8 Å². The molecule has 0 saturated carbocycles. The lowest BCUT2D eigenvalue weighted by Gasteiger charge is -2.13. The maximum absolute atomic E-state index is 12.1. The Morgan fingerprint density at radius 1 is 1.14 bits per heavy atom. The summed E-state index contributed by atoms with van der Waals surface area (Å²) in [4.78, 5) is 46.3. The van der Waals surface area contributed by atoms with Crippen LogP contribution in [0.15, 0.2) is 48.5 Å². The molecule has 0 aliphatic heterocycles. The number of nitrogens with one attached hydrogen (secondary N) is 2. The Hall–Kier alpha value is -3.75. The van der Waals surface area contributed by atoms with Crippen LogP contribution in [-0.2, 0) is 14.3 Å². The van der Waals surface area contributed by atoms with Gasteiger partial charge >= 0.3 is 5.97 Å². The molecule has 0 spiro atoms. The highest BCUT2D eigenvalue weighted by molar-refractivity contribution is 5.98. The fourth-order valence-corrected chi connectivity index (χ4v) is 2.31. The summed E-state index contributed by atoms with van der Waals surface area (Å²) in [5.74, 6) is -1.99. The molecule has 2 rings (SSSR count). The molecule has 0 aliphatic carbocycles. The molecule has 2 N–H and O–H groups in total. The van der Waals surface area contributed by atoms with Crippen LogP contribution in [0.5, 0.6) is 0 Å². The number of nitro benzene ring substituents is 1. The van der Waals surface area contributed by atoms with E-state index in [4.69, 9.17) is 4.74 Å². The van der Waals surface area contributed by atoms with Crippen molar-refractivity contribution < 1.29 is 24.0 Å². The van der Waals surface area contributed by atoms with Crippen LogP contribution >= 0.6 is 0 Å². The number of amides is 2. The third kappa shape index (κ3) is 5.63. The first-order valence-corrected chi connectivity index (χ1v) is 8.35. The van der Waals surface area contributed by atoms with Gasteiger partial charge in [0.1, 0.15) is 11.7 Å². The van der Waals surface area contributed by atoms with Crippen LogP contribution in [0.3, 0.4) is 0 Å². The summed E-state index contributed by atoms with van der Waals surface area (Å²) >= 11 is 0. The van der Waals surface area contributed by atoms with E-state index in [0.29, 0.717) is 5.56 Å². The van der Waals surface area contributed by atoms with Gasteiger partial charge in [0.15, 0.2) is 6.61 Å². The van der Waals surface area contributed by atoms with Crippen molar-refractivity contribution in [3.63, 3.8) is 0 Å². The molecule has 0 radical (unpaired) electrons. The van der Waals surface area contributed by atoms with E-state index in [2.05, 4.69) is 10.6 Å². The number of nitro groups is 1. The van der Waals surface area contributed by atoms with Crippen LogP contribution in [0.2, 0.25) is 0 Å². The summed E-state index contributed by atoms with van der Waals surface area (Å²) < 4.78 is 4.86. The summed E-state index contributed by atoms with van der Waals surface area (Å²) in [5, 5.41) is 15.7. The van der Waals surface area contributed by atoms with Crippen molar-refractivity contribution >= 4 is 29.2 Å². The molecule has 0 bridgehead atoms. The average molecular weight is 385 g/mol. The predicted octanol–water partition coefficient (Wildman–Crippen LogP) is 2.20. The van der Waals surface area contributed by atoms with Crippen LogP contribution in [0.1, 0.15) is 22.8 Å². The summed E-state index contributed by atoms with van der Waals surface area (Å²) in [7, 11) is 0. The molecule has 9 nitrogen and oxygen atoms in total. The molecule has 2 aromatic carbocycles. The third-order valence-corrected chi connectivity index (χ3v) is 3.70. The highest BCUT2D eigenvalue weighted by atomic mass is 16.6. The Kier molecular flexibility index (Phi) is 6.80. The fourth-order valence-electron chi connectivity index (χ4n) is 2.31. The topological polar surface area (TPSA) is 128 Å². The van der Waals surface area contributed by atoms with Crippen molar-refractivity contribution in [1.82, 2.24) is 5.32 Å².